The lowest BCUT2D eigenvalue weighted by Gasteiger charge is -2.05. The minimum absolute atomic E-state index is 0.00307. The molecule has 8 heteroatoms. The van der Waals surface area contributed by atoms with E-state index in [1.54, 1.807) is 6.07 Å². The molecule has 0 aliphatic rings. The molecule has 0 atom stereocenters. The first-order valence-corrected chi connectivity index (χ1v) is 7.21. The second-order valence-corrected chi connectivity index (χ2v) is 5.50. The molecule has 1 heterocycles. The first-order valence-electron chi connectivity index (χ1n) is 6.04. The average Bonchev–Trinajstić information content (AvgIpc) is 2.48. The summed E-state index contributed by atoms with van der Waals surface area (Å²) in [5, 5.41) is 15.3. The lowest BCUT2D eigenvalue weighted by Crippen LogP contribution is -2.02. The van der Waals surface area contributed by atoms with E-state index in [0.717, 1.165) is 0 Å². The molecule has 22 heavy (non-hydrogen) atoms. The number of nitrogens with zero attached hydrogens (tertiary/aromatic N) is 4. The standard InChI is InChI=1S/C14H6BrClF2N4/c15-7-3-1-5-9(17)11(7)13-19-21-14(22-20-13)12-8(16)4-2-6-10(12)18/h1-6H. The van der Waals surface area contributed by atoms with Crippen molar-refractivity contribution in [3.63, 3.8) is 0 Å². The van der Waals surface area contributed by atoms with Crippen LogP contribution in [0.2, 0.25) is 5.02 Å². The first-order chi connectivity index (χ1) is 10.6. The van der Waals surface area contributed by atoms with E-state index in [-0.39, 0.29) is 27.8 Å². The Morgan fingerprint density at radius 1 is 0.773 bits per heavy atom. The van der Waals surface area contributed by atoms with Gasteiger partial charge in [-0.25, -0.2) is 8.78 Å². The van der Waals surface area contributed by atoms with Crippen molar-refractivity contribution >= 4 is 27.5 Å². The maximum Gasteiger partial charge on any atom is 0.208 e. The SMILES string of the molecule is Fc1cccc(Cl)c1-c1nnc(-c2c(F)cccc2Br)nn1. The van der Waals surface area contributed by atoms with Crippen LogP contribution in [0, 0.1) is 11.6 Å². The number of aromatic nitrogens is 4. The van der Waals surface area contributed by atoms with Gasteiger partial charge in [-0.05, 0) is 40.2 Å². The van der Waals surface area contributed by atoms with Gasteiger partial charge in [0.15, 0.2) is 0 Å². The third kappa shape index (κ3) is 2.69. The summed E-state index contributed by atoms with van der Waals surface area (Å²) in [6.07, 6.45) is 0. The van der Waals surface area contributed by atoms with E-state index >= 15 is 0 Å². The Morgan fingerprint density at radius 2 is 1.27 bits per heavy atom. The molecule has 0 saturated heterocycles. The van der Waals surface area contributed by atoms with E-state index in [9.17, 15) is 8.78 Å². The molecule has 0 radical (unpaired) electrons. The van der Waals surface area contributed by atoms with Crippen LogP contribution < -0.4 is 0 Å². The molecule has 0 N–H and O–H groups in total. The Balaban J connectivity index is 2.08. The van der Waals surface area contributed by atoms with Crippen LogP contribution in [0.1, 0.15) is 0 Å². The normalized spacial score (nSPS) is 10.7. The summed E-state index contributed by atoms with van der Waals surface area (Å²) >= 11 is 9.14. The van der Waals surface area contributed by atoms with Gasteiger partial charge < -0.3 is 0 Å². The fraction of sp³-hybridized carbons (Fsp3) is 0. The van der Waals surface area contributed by atoms with Gasteiger partial charge in [0.05, 0.1) is 16.1 Å². The van der Waals surface area contributed by atoms with E-state index in [1.807, 2.05) is 0 Å². The Bertz CT molecular complexity index is 732. The molecular formula is C14H6BrClF2N4. The van der Waals surface area contributed by atoms with Crippen LogP contribution in [0.5, 0.6) is 0 Å². The zero-order valence-electron chi connectivity index (χ0n) is 10.8. The summed E-state index contributed by atoms with van der Waals surface area (Å²) in [6, 6.07) is 8.65. The van der Waals surface area contributed by atoms with E-state index < -0.39 is 11.6 Å². The van der Waals surface area contributed by atoms with Gasteiger partial charge in [-0.2, -0.15) is 0 Å². The highest BCUT2D eigenvalue weighted by atomic mass is 79.9. The summed E-state index contributed by atoms with van der Waals surface area (Å²) in [5.74, 6) is -1.19. The van der Waals surface area contributed by atoms with Crippen molar-refractivity contribution in [2.45, 2.75) is 0 Å². The maximum absolute atomic E-state index is 13.8. The molecule has 4 nitrogen and oxygen atoms in total. The highest BCUT2D eigenvalue weighted by Crippen LogP contribution is 2.29. The summed E-state index contributed by atoms with van der Waals surface area (Å²) in [4.78, 5) is 0. The molecular weight excluding hydrogens is 378 g/mol. The van der Waals surface area contributed by atoms with Gasteiger partial charge >= 0.3 is 0 Å². The van der Waals surface area contributed by atoms with Gasteiger partial charge in [0.25, 0.3) is 0 Å². The van der Waals surface area contributed by atoms with Crippen LogP contribution in [-0.4, -0.2) is 20.4 Å². The highest BCUT2D eigenvalue weighted by Gasteiger charge is 2.17. The predicted molar refractivity (Wildman–Crippen MR) is 81.1 cm³/mol. The van der Waals surface area contributed by atoms with Crippen molar-refractivity contribution < 1.29 is 8.78 Å². The zero-order valence-corrected chi connectivity index (χ0v) is 13.1. The molecule has 3 rings (SSSR count). The fourth-order valence-electron chi connectivity index (χ4n) is 1.85. The Labute approximate surface area is 137 Å². The largest absolute Gasteiger partial charge is 0.208 e. The lowest BCUT2D eigenvalue weighted by atomic mass is 10.2. The molecule has 0 saturated carbocycles. The van der Waals surface area contributed by atoms with Crippen LogP contribution >= 0.6 is 27.5 Å². The molecule has 0 amide bonds. The lowest BCUT2D eigenvalue weighted by molar-refractivity contribution is 0.625. The summed E-state index contributed by atoms with van der Waals surface area (Å²) in [6.45, 7) is 0. The molecule has 3 aromatic rings. The Kier molecular flexibility index (Phi) is 4.08. The van der Waals surface area contributed by atoms with E-state index in [0.29, 0.717) is 4.47 Å². The van der Waals surface area contributed by atoms with Crippen LogP contribution in [0.15, 0.2) is 40.9 Å². The summed E-state index contributed by atoms with van der Waals surface area (Å²) in [5.41, 5.74) is 0.136. The number of hydrogen-bond donors (Lipinski definition) is 0. The highest BCUT2D eigenvalue weighted by molar-refractivity contribution is 9.10. The number of benzene rings is 2. The third-order valence-corrected chi connectivity index (χ3v) is 3.83. The second-order valence-electron chi connectivity index (χ2n) is 4.24. The van der Waals surface area contributed by atoms with Gasteiger partial charge in [0, 0.05) is 4.47 Å². The fourth-order valence-corrected chi connectivity index (χ4v) is 2.62. The molecule has 110 valence electrons. The van der Waals surface area contributed by atoms with Crippen molar-refractivity contribution in [2.75, 3.05) is 0 Å². The monoisotopic (exact) mass is 382 g/mol. The van der Waals surface area contributed by atoms with Crippen LogP contribution in [0.4, 0.5) is 8.78 Å². The van der Waals surface area contributed by atoms with E-state index in [1.165, 1.54) is 30.3 Å². The van der Waals surface area contributed by atoms with Crippen molar-refractivity contribution in [3.05, 3.63) is 57.5 Å². The van der Waals surface area contributed by atoms with Crippen molar-refractivity contribution in [3.8, 4) is 22.8 Å². The zero-order chi connectivity index (χ0) is 15.7. The molecule has 0 fully saturated rings. The Hall–Kier alpha value is -1.99. The first kappa shape index (κ1) is 14.9. The number of halogens is 4. The minimum Gasteiger partial charge on any atom is -0.206 e. The van der Waals surface area contributed by atoms with Crippen LogP contribution in [0.25, 0.3) is 22.8 Å². The molecule has 0 unspecified atom stereocenters. The number of rotatable bonds is 2. The second kappa shape index (κ2) is 6.02. The van der Waals surface area contributed by atoms with Crippen LogP contribution in [-0.2, 0) is 0 Å². The van der Waals surface area contributed by atoms with E-state index in [4.69, 9.17) is 11.6 Å². The average molecular weight is 384 g/mol. The van der Waals surface area contributed by atoms with Gasteiger partial charge in [-0.15, -0.1) is 20.4 Å². The van der Waals surface area contributed by atoms with Crippen molar-refractivity contribution in [1.29, 1.82) is 0 Å². The molecule has 1 aromatic heterocycles. The molecule has 0 bridgehead atoms. The predicted octanol–water partition coefficient (Wildman–Crippen LogP) is 4.29. The quantitative estimate of drug-likeness (QED) is 0.662. The Morgan fingerprint density at radius 3 is 1.82 bits per heavy atom. The van der Waals surface area contributed by atoms with E-state index in [2.05, 4.69) is 36.3 Å². The third-order valence-electron chi connectivity index (χ3n) is 2.85. The van der Waals surface area contributed by atoms with Gasteiger partial charge in [0.2, 0.25) is 11.6 Å². The molecule has 2 aromatic carbocycles. The van der Waals surface area contributed by atoms with Gasteiger partial charge in [-0.1, -0.05) is 23.7 Å². The van der Waals surface area contributed by atoms with Crippen LogP contribution in [0.3, 0.4) is 0 Å². The minimum atomic E-state index is -0.587. The smallest absolute Gasteiger partial charge is 0.206 e. The van der Waals surface area contributed by atoms with Gasteiger partial charge in [0.1, 0.15) is 11.6 Å². The van der Waals surface area contributed by atoms with Gasteiger partial charge in [-0.3, -0.25) is 0 Å². The molecule has 0 spiro atoms. The maximum atomic E-state index is 13.8. The molecule has 0 aliphatic heterocycles. The van der Waals surface area contributed by atoms with Crippen molar-refractivity contribution in [2.24, 2.45) is 0 Å². The molecule has 0 aliphatic carbocycles. The summed E-state index contributed by atoms with van der Waals surface area (Å²) < 4.78 is 28.1. The summed E-state index contributed by atoms with van der Waals surface area (Å²) in [7, 11) is 0. The topological polar surface area (TPSA) is 51.6 Å². The number of hydrogen-bond acceptors (Lipinski definition) is 4. The van der Waals surface area contributed by atoms with Crippen molar-refractivity contribution in [1.82, 2.24) is 20.4 Å².